The number of nitrogens with zero attached hydrogens (tertiary/aromatic N) is 2. The largest absolute Gasteiger partial charge is 0.338 e. The highest BCUT2D eigenvalue weighted by atomic mass is 16.2. The number of benzene rings is 1. The third-order valence-corrected chi connectivity index (χ3v) is 4.64. The molecule has 1 aliphatic rings. The second-order valence-electron chi connectivity index (χ2n) is 6.25. The Balaban J connectivity index is 2.02. The first-order valence-corrected chi connectivity index (χ1v) is 8.43. The van der Waals surface area contributed by atoms with Crippen molar-refractivity contribution in [3.05, 3.63) is 60.7 Å². The normalized spacial score (nSPS) is 18.8. The third-order valence-electron chi connectivity index (χ3n) is 4.64. The molecule has 3 nitrogen and oxygen atoms in total. The third kappa shape index (κ3) is 4.80. The van der Waals surface area contributed by atoms with Gasteiger partial charge in [-0.1, -0.05) is 36.4 Å². The van der Waals surface area contributed by atoms with Gasteiger partial charge >= 0.3 is 0 Å². The molecule has 1 fully saturated rings. The van der Waals surface area contributed by atoms with Crippen molar-refractivity contribution in [3.63, 3.8) is 0 Å². The summed E-state index contributed by atoms with van der Waals surface area (Å²) in [5.74, 6) is 0.271. The number of carbonyl (C=O) groups excluding carboxylic acids is 1. The standard InChI is InChI=1S/C20H28N2O/c1-4-13-21(14-5-2)19-10-11-20(23)22(15-12-19)16-18-9-7-6-8-17(18)3/h4-9,19H,1-2,10-16H2,3H3. The maximum Gasteiger partial charge on any atom is 0.222 e. The number of likely N-dealkylation sites (tertiary alicyclic amines) is 1. The zero-order valence-corrected chi connectivity index (χ0v) is 14.2. The van der Waals surface area contributed by atoms with Crippen molar-refractivity contribution in [2.45, 2.75) is 38.8 Å². The van der Waals surface area contributed by atoms with Gasteiger partial charge in [0.1, 0.15) is 0 Å². The zero-order valence-electron chi connectivity index (χ0n) is 14.2. The zero-order chi connectivity index (χ0) is 16.7. The Kier molecular flexibility index (Phi) is 6.60. The van der Waals surface area contributed by atoms with Gasteiger partial charge in [-0.15, -0.1) is 13.2 Å². The van der Waals surface area contributed by atoms with Gasteiger partial charge in [0.25, 0.3) is 0 Å². The quantitative estimate of drug-likeness (QED) is 0.719. The first-order chi connectivity index (χ1) is 11.2. The SMILES string of the molecule is C=CCN(CC=C)C1CCC(=O)N(Cc2ccccc2C)CC1. The molecular weight excluding hydrogens is 284 g/mol. The smallest absolute Gasteiger partial charge is 0.222 e. The molecule has 1 amide bonds. The van der Waals surface area contributed by atoms with Crippen LogP contribution >= 0.6 is 0 Å². The van der Waals surface area contributed by atoms with E-state index in [4.69, 9.17) is 0 Å². The van der Waals surface area contributed by atoms with E-state index in [1.807, 2.05) is 29.2 Å². The minimum atomic E-state index is 0.271. The van der Waals surface area contributed by atoms with Gasteiger partial charge in [-0.3, -0.25) is 9.69 Å². The van der Waals surface area contributed by atoms with Crippen molar-refractivity contribution < 1.29 is 4.79 Å². The van der Waals surface area contributed by atoms with Crippen LogP contribution in [0.2, 0.25) is 0 Å². The van der Waals surface area contributed by atoms with Crippen LogP contribution in [0.3, 0.4) is 0 Å². The Morgan fingerprint density at radius 1 is 1.22 bits per heavy atom. The van der Waals surface area contributed by atoms with Crippen LogP contribution < -0.4 is 0 Å². The predicted molar refractivity (Wildman–Crippen MR) is 96.2 cm³/mol. The molecule has 0 bridgehead atoms. The summed E-state index contributed by atoms with van der Waals surface area (Å²) in [5, 5.41) is 0. The Morgan fingerprint density at radius 3 is 2.57 bits per heavy atom. The fourth-order valence-corrected chi connectivity index (χ4v) is 3.25. The van der Waals surface area contributed by atoms with Crippen LogP contribution in [0.1, 0.15) is 30.4 Å². The van der Waals surface area contributed by atoms with E-state index < -0.39 is 0 Å². The molecule has 1 unspecified atom stereocenters. The Bertz CT molecular complexity index is 542. The average molecular weight is 312 g/mol. The second kappa shape index (κ2) is 8.68. The molecule has 1 aromatic rings. The number of hydrogen-bond acceptors (Lipinski definition) is 2. The first kappa shape index (κ1) is 17.5. The number of amides is 1. The van der Waals surface area contributed by atoms with Gasteiger partial charge in [-0.05, 0) is 30.9 Å². The van der Waals surface area contributed by atoms with Crippen molar-refractivity contribution in [2.75, 3.05) is 19.6 Å². The highest BCUT2D eigenvalue weighted by Crippen LogP contribution is 2.20. The molecular formula is C20H28N2O. The number of carbonyl (C=O) groups is 1. The van der Waals surface area contributed by atoms with Crippen LogP contribution in [0.25, 0.3) is 0 Å². The average Bonchev–Trinajstić information content (AvgIpc) is 2.72. The summed E-state index contributed by atoms with van der Waals surface area (Å²) >= 11 is 0. The molecule has 2 rings (SSSR count). The lowest BCUT2D eigenvalue weighted by Gasteiger charge is -2.29. The van der Waals surface area contributed by atoms with E-state index in [0.29, 0.717) is 12.5 Å². The summed E-state index contributed by atoms with van der Waals surface area (Å²) in [5.41, 5.74) is 2.49. The molecule has 0 aromatic heterocycles. The molecule has 0 aliphatic carbocycles. The molecule has 1 heterocycles. The molecule has 1 aromatic carbocycles. The first-order valence-electron chi connectivity index (χ1n) is 8.43. The molecule has 1 atom stereocenters. The van der Waals surface area contributed by atoms with E-state index in [-0.39, 0.29) is 5.91 Å². The van der Waals surface area contributed by atoms with Gasteiger partial charge in [0.05, 0.1) is 0 Å². The van der Waals surface area contributed by atoms with Crippen molar-refractivity contribution >= 4 is 5.91 Å². The van der Waals surface area contributed by atoms with Crippen molar-refractivity contribution in [1.82, 2.24) is 9.80 Å². The maximum atomic E-state index is 12.5. The van der Waals surface area contributed by atoms with E-state index in [2.05, 4.69) is 37.1 Å². The lowest BCUT2D eigenvalue weighted by Crippen LogP contribution is -2.36. The van der Waals surface area contributed by atoms with Crippen molar-refractivity contribution in [2.24, 2.45) is 0 Å². The molecule has 23 heavy (non-hydrogen) atoms. The van der Waals surface area contributed by atoms with Crippen LogP contribution in [0, 0.1) is 6.92 Å². The molecule has 0 N–H and O–H groups in total. The lowest BCUT2D eigenvalue weighted by atomic mass is 10.1. The van der Waals surface area contributed by atoms with Crippen LogP contribution in [0.5, 0.6) is 0 Å². The molecule has 0 spiro atoms. The summed E-state index contributed by atoms with van der Waals surface area (Å²) in [6, 6.07) is 8.74. The topological polar surface area (TPSA) is 23.6 Å². The number of hydrogen-bond donors (Lipinski definition) is 0. The number of rotatable bonds is 7. The van der Waals surface area contributed by atoms with E-state index in [0.717, 1.165) is 39.0 Å². The van der Waals surface area contributed by atoms with Gasteiger partial charge in [0.2, 0.25) is 5.91 Å². The molecule has 1 aliphatic heterocycles. The summed E-state index contributed by atoms with van der Waals surface area (Å²) in [6.45, 7) is 13.0. The van der Waals surface area contributed by atoms with Gasteiger partial charge in [0.15, 0.2) is 0 Å². The predicted octanol–water partition coefficient (Wildman–Crippen LogP) is 3.55. The van der Waals surface area contributed by atoms with Crippen LogP contribution in [0.15, 0.2) is 49.6 Å². The van der Waals surface area contributed by atoms with Crippen molar-refractivity contribution in [3.8, 4) is 0 Å². The minimum Gasteiger partial charge on any atom is -0.338 e. The van der Waals surface area contributed by atoms with Crippen molar-refractivity contribution in [1.29, 1.82) is 0 Å². The van der Waals surface area contributed by atoms with Gasteiger partial charge in [-0.25, -0.2) is 0 Å². The monoisotopic (exact) mass is 312 g/mol. The summed E-state index contributed by atoms with van der Waals surface area (Å²) in [4.78, 5) is 16.9. The Hall–Kier alpha value is -1.87. The molecule has 0 radical (unpaired) electrons. The highest BCUT2D eigenvalue weighted by molar-refractivity contribution is 5.76. The lowest BCUT2D eigenvalue weighted by molar-refractivity contribution is -0.131. The molecule has 3 heteroatoms. The van der Waals surface area contributed by atoms with Crippen LogP contribution in [0.4, 0.5) is 0 Å². The Labute approximate surface area is 140 Å². The number of aryl methyl sites for hydroxylation is 1. The molecule has 0 saturated carbocycles. The summed E-state index contributed by atoms with van der Waals surface area (Å²) in [6.07, 6.45) is 6.42. The van der Waals surface area contributed by atoms with E-state index >= 15 is 0 Å². The van der Waals surface area contributed by atoms with E-state index in [1.54, 1.807) is 0 Å². The maximum absolute atomic E-state index is 12.5. The van der Waals surface area contributed by atoms with E-state index in [9.17, 15) is 4.79 Å². The fourth-order valence-electron chi connectivity index (χ4n) is 3.25. The van der Waals surface area contributed by atoms with E-state index in [1.165, 1.54) is 11.1 Å². The fraction of sp³-hybridized carbons (Fsp3) is 0.450. The van der Waals surface area contributed by atoms with Crippen LogP contribution in [-0.2, 0) is 11.3 Å². The second-order valence-corrected chi connectivity index (χ2v) is 6.25. The van der Waals surface area contributed by atoms with Gasteiger partial charge < -0.3 is 4.90 Å². The van der Waals surface area contributed by atoms with Gasteiger partial charge in [-0.2, -0.15) is 0 Å². The van der Waals surface area contributed by atoms with Crippen LogP contribution in [-0.4, -0.2) is 41.4 Å². The summed E-state index contributed by atoms with van der Waals surface area (Å²) < 4.78 is 0. The molecule has 1 saturated heterocycles. The summed E-state index contributed by atoms with van der Waals surface area (Å²) in [7, 11) is 0. The minimum absolute atomic E-state index is 0.271. The molecule has 124 valence electrons. The Morgan fingerprint density at radius 2 is 1.91 bits per heavy atom. The van der Waals surface area contributed by atoms with Gasteiger partial charge in [0, 0.05) is 38.6 Å². The highest BCUT2D eigenvalue weighted by Gasteiger charge is 2.25.